The van der Waals surface area contributed by atoms with Gasteiger partial charge in [0.15, 0.2) is 0 Å². The highest BCUT2D eigenvalue weighted by Gasteiger charge is 2.16. The molecule has 0 aliphatic carbocycles. The molecule has 2 heterocycles. The zero-order valence-corrected chi connectivity index (χ0v) is 15.8. The van der Waals surface area contributed by atoms with E-state index >= 15 is 0 Å². The predicted octanol–water partition coefficient (Wildman–Crippen LogP) is 2.94. The van der Waals surface area contributed by atoms with Gasteiger partial charge in [0.25, 0.3) is 5.91 Å². The largest absolute Gasteiger partial charge is 0.379 e. The van der Waals surface area contributed by atoms with E-state index in [1.54, 1.807) is 0 Å². The number of hydrogen-bond donors (Lipinski definition) is 1. The van der Waals surface area contributed by atoms with Gasteiger partial charge in [-0.3, -0.25) is 9.69 Å². The first-order valence-electron chi connectivity index (χ1n) is 9.49. The van der Waals surface area contributed by atoms with Crippen molar-refractivity contribution in [3.05, 3.63) is 53.3 Å². The summed E-state index contributed by atoms with van der Waals surface area (Å²) in [6.07, 6.45) is 2.10. The van der Waals surface area contributed by atoms with Crippen molar-refractivity contribution in [3.8, 4) is 5.69 Å². The lowest BCUT2D eigenvalue weighted by atomic mass is 10.2. The molecule has 26 heavy (non-hydrogen) atoms. The first-order chi connectivity index (χ1) is 12.7. The van der Waals surface area contributed by atoms with Crippen LogP contribution in [0.1, 0.15) is 34.6 Å². The molecule has 1 aliphatic heterocycles. The Balaban J connectivity index is 1.50. The number of rotatable bonds is 7. The Morgan fingerprint density at radius 2 is 1.85 bits per heavy atom. The highest BCUT2D eigenvalue weighted by Crippen LogP contribution is 2.20. The van der Waals surface area contributed by atoms with E-state index in [9.17, 15) is 4.79 Å². The third kappa shape index (κ3) is 4.54. The molecule has 1 aromatic heterocycles. The second-order valence-corrected chi connectivity index (χ2v) is 6.87. The number of amides is 1. The van der Waals surface area contributed by atoms with E-state index in [0.29, 0.717) is 0 Å². The second kappa shape index (κ2) is 9.01. The summed E-state index contributed by atoms with van der Waals surface area (Å²) in [6.45, 7) is 9.59. The number of nitrogens with one attached hydrogen (secondary N) is 1. The molecule has 3 rings (SSSR count). The molecular weight excluding hydrogens is 326 g/mol. The van der Waals surface area contributed by atoms with Crippen LogP contribution in [0.5, 0.6) is 0 Å². The summed E-state index contributed by atoms with van der Waals surface area (Å²) < 4.78 is 7.49. The number of nitrogens with zero attached hydrogens (tertiary/aromatic N) is 2. The van der Waals surface area contributed by atoms with E-state index in [1.165, 1.54) is 0 Å². The predicted molar refractivity (Wildman–Crippen MR) is 104 cm³/mol. The fourth-order valence-corrected chi connectivity index (χ4v) is 3.55. The number of para-hydroxylation sites is 1. The van der Waals surface area contributed by atoms with E-state index in [1.807, 2.05) is 38.1 Å². The summed E-state index contributed by atoms with van der Waals surface area (Å²) >= 11 is 0. The van der Waals surface area contributed by atoms with Crippen LogP contribution in [0.2, 0.25) is 0 Å². The Bertz CT molecular complexity index is 718. The number of hydrogen-bond acceptors (Lipinski definition) is 3. The molecule has 0 unspecified atom stereocenters. The molecule has 0 atom stereocenters. The highest BCUT2D eigenvalue weighted by molar-refractivity contribution is 5.95. The van der Waals surface area contributed by atoms with E-state index in [4.69, 9.17) is 4.74 Å². The normalized spacial score (nSPS) is 15.2. The molecule has 1 aromatic carbocycles. The number of benzene rings is 1. The van der Waals surface area contributed by atoms with Crippen molar-refractivity contribution >= 4 is 5.91 Å². The molecule has 5 heteroatoms. The number of carbonyl (C=O) groups excluding carboxylic acids is 1. The SMILES string of the molecule is Cc1cc(C(=O)NCCCCN2CCOCC2)c(C)n1-c1ccccc1. The molecule has 0 spiro atoms. The van der Waals surface area contributed by atoms with Gasteiger partial charge in [0.05, 0.1) is 18.8 Å². The third-order valence-electron chi connectivity index (χ3n) is 4.98. The zero-order chi connectivity index (χ0) is 18.4. The van der Waals surface area contributed by atoms with Crippen LogP contribution in [0.25, 0.3) is 5.69 Å². The summed E-state index contributed by atoms with van der Waals surface area (Å²) in [5.74, 6) is 0.0200. The average Bonchev–Trinajstić information content (AvgIpc) is 2.97. The quantitative estimate of drug-likeness (QED) is 0.777. The molecule has 1 N–H and O–H groups in total. The van der Waals surface area contributed by atoms with Crippen molar-refractivity contribution in [3.63, 3.8) is 0 Å². The summed E-state index contributed by atoms with van der Waals surface area (Å²) in [4.78, 5) is 15.0. The smallest absolute Gasteiger partial charge is 0.253 e. The molecule has 2 aromatic rings. The van der Waals surface area contributed by atoms with Crippen LogP contribution >= 0.6 is 0 Å². The molecule has 1 aliphatic rings. The lowest BCUT2D eigenvalue weighted by Crippen LogP contribution is -2.37. The van der Waals surface area contributed by atoms with Crippen LogP contribution in [0.15, 0.2) is 36.4 Å². The highest BCUT2D eigenvalue weighted by atomic mass is 16.5. The van der Waals surface area contributed by atoms with Crippen LogP contribution in [0.4, 0.5) is 0 Å². The minimum atomic E-state index is 0.0200. The maximum Gasteiger partial charge on any atom is 0.253 e. The number of morpholine rings is 1. The molecule has 1 saturated heterocycles. The van der Waals surface area contributed by atoms with Crippen molar-refractivity contribution in [2.45, 2.75) is 26.7 Å². The van der Waals surface area contributed by atoms with Gasteiger partial charge in [0.1, 0.15) is 0 Å². The van der Waals surface area contributed by atoms with E-state index in [0.717, 1.165) is 74.9 Å². The van der Waals surface area contributed by atoms with Crippen molar-refractivity contribution in [1.29, 1.82) is 0 Å². The molecule has 5 nitrogen and oxygen atoms in total. The van der Waals surface area contributed by atoms with Gasteiger partial charge in [-0.2, -0.15) is 0 Å². The molecule has 0 bridgehead atoms. The van der Waals surface area contributed by atoms with Crippen molar-refractivity contribution < 1.29 is 9.53 Å². The lowest BCUT2D eigenvalue weighted by molar-refractivity contribution is 0.0372. The van der Waals surface area contributed by atoms with Crippen molar-refractivity contribution in [2.24, 2.45) is 0 Å². The van der Waals surface area contributed by atoms with E-state index in [-0.39, 0.29) is 5.91 Å². The van der Waals surface area contributed by atoms with Gasteiger partial charge in [0, 0.05) is 36.7 Å². The van der Waals surface area contributed by atoms with Crippen LogP contribution in [0, 0.1) is 13.8 Å². The minimum absolute atomic E-state index is 0.0200. The maximum atomic E-state index is 12.6. The molecular formula is C21H29N3O2. The summed E-state index contributed by atoms with van der Waals surface area (Å²) in [7, 11) is 0. The van der Waals surface area contributed by atoms with Gasteiger partial charge in [0.2, 0.25) is 0 Å². The fourth-order valence-electron chi connectivity index (χ4n) is 3.55. The number of aryl methyl sites for hydroxylation is 1. The third-order valence-corrected chi connectivity index (χ3v) is 4.98. The molecule has 1 fully saturated rings. The number of unbranched alkanes of at least 4 members (excludes halogenated alkanes) is 1. The van der Waals surface area contributed by atoms with Gasteiger partial charge < -0.3 is 14.6 Å². The fraction of sp³-hybridized carbons (Fsp3) is 0.476. The van der Waals surface area contributed by atoms with Gasteiger partial charge in [-0.1, -0.05) is 18.2 Å². The minimum Gasteiger partial charge on any atom is -0.379 e. The Kier molecular flexibility index (Phi) is 6.47. The van der Waals surface area contributed by atoms with Gasteiger partial charge in [-0.25, -0.2) is 0 Å². The average molecular weight is 355 g/mol. The first-order valence-corrected chi connectivity index (χ1v) is 9.49. The zero-order valence-electron chi connectivity index (χ0n) is 15.8. The Morgan fingerprint density at radius 3 is 2.58 bits per heavy atom. The van der Waals surface area contributed by atoms with Crippen LogP contribution in [-0.2, 0) is 4.74 Å². The summed E-state index contributed by atoms with van der Waals surface area (Å²) in [5, 5.41) is 3.07. The Hall–Kier alpha value is -2.11. The number of carbonyl (C=O) groups is 1. The van der Waals surface area contributed by atoms with E-state index < -0.39 is 0 Å². The molecule has 0 saturated carbocycles. The summed E-state index contributed by atoms with van der Waals surface area (Å²) in [5.41, 5.74) is 3.91. The Labute approximate surface area is 156 Å². The standard InChI is InChI=1S/C21H29N3O2/c1-17-16-20(18(2)24(17)19-8-4-3-5-9-19)21(25)22-10-6-7-11-23-12-14-26-15-13-23/h3-5,8-9,16H,6-7,10-15H2,1-2H3,(H,22,25). The number of aromatic nitrogens is 1. The van der Waals surface area contributed by atoms with E-state index in [2.05, 4.69) is 26.9 Å². The topological polar surface area (TPSA) is 46.5 Å². The van der Waals surface area contributed by atoms with Crippen molar-refractivity contribution in [2.75, 3.05) is 39.4 Å². The lowest BCUT2D eigenvalue weighted by Gasteiger charge is -2.26. The molecule has 140 valence electrons. The van der Waals surface area contributed by atoms with Crippen LogP contribution in [-0.4, -0.2) is 54.8 Å². The molecule has 0 radical (unpaired) electrons. The second-order valence-electron chi connectivity index (χ2n) is 6.87. The van der Waals surface area contributed by atoms with Crippen LogP contribution in [0.3, 0.4) is 0 Å². The van der Waals surface area contributed by atoms with Gasteiger partial charge in [-0.05, 0) is 51.4 Å². The summed E-state index contributed by atoms with van der Waals surface area (Å²) in [6, 6.07) is 12.1. The van der Waals surface area contributed by atoms with Gasteiger partial charge in [-0.15, -0.1) is 0 Å². The van der Waals surface area contributed by atoms with Crippen molar-refractivity contribution in [1.82, 2.24) is 14.8 Å². The van der Waals surface area contributed by atoms with Crippen LogP contribution < -0.4 is 5.32 Å². The van der Waals surface area contributed by atoms with Gasteiger partial charge >= 0.3 is 0 Å². The first kappa shape index (κ1) is 18.7. The number of ether oxygens (including phenoxy) is 1. The maximum absolute atomic E-state index is 12.6. The monoisotopic (exact) mass is 355 g/mol. The Morgan fingerprint density at radius 1 is 1.12 bits per heavy atom. The molecule has 1 amide bonds.